The Labute approximate surface area is 174 Å². The lowest BCUT2D eigenvalue weighted by Crippen LogP contribution is -2.37. The molecule has 0 radical (unpaired) electrons. The van der Waals surface area contributed by atoms with Crippen molar-refractivity contribution in [1.82, 2.24) is 9.66 Å². The minimum Gasteiger partial charge on any atom is -0.331 e. The Balaban J connectivity index is 1.77. The van der Waals surface area contributed by atoms with Crippen molar-refractivity contribution in [1.29, 1.82) is 0 Å². The van der Waals surface area contributed by atoms with Gasteiger partial charge in [-0.2, -0.15) is 4.68 Å². The van der Waals surface area contributed by atoms with Crippen LogP contribution in [0.3, 0.4) is 0 Å². The standard InChI is InChI=1S/C23H20N4OS/c1-15-7-11-17(12-8-15)21-25-20-6-4-3-5-19(20)22(28)27(21)26-23(29)24-18-13-9-16(2)10-14-18/h3-14H,1-2H3,(H2,24,26,29). The first-order valence-electron chi connectivity index (χ1n) is 9.25. The van der Waals surface area contributed by atoms with E-state index in [9.17, 15) is 4.79 Å². The normalized spacial score (nSPS) is 10.7. The molecule has 4 rings (SSSR count). The summed E-state index contributed by atoms with van der Waals surface area (Å²) in [6, 6.07) is 23.0. The van der Waals surface area contributed by atoms with Crippen LogP contribution < -0.4 is 16.3 Å². The molecule has 2 N–H and O–H groups in total. The molecule has 0 amide bonds. The van der Waals surface area contributed by atoms with E-state index in [2.05, 4.69) is 10.7 Å². The molecular weight excluding hydrogens is 380 g/mol. The first-order valence-corrected chi connectivity index (χ1v) is 9.65. The summed E-state index contributed by atoms with van der Waals surface area (Å²) in [5.74, 6) is 0.502. The summed E-state index contributed by atoms with van der Waals surface area (Å²) < 4.78 is 1.40. The van der Waals surface area contributed by atoms with Crippen molar-refractivity contribution in [2.45, 2.75) is 13.8 Å². The number of para-hydroxylation sites is 1. The van der Waals surface area contributed by atoms with E-state index in [0.717, 1.165) is 22.4 Å². The predicted molar refractivity (Wildman–Crippen MR) is 123 cm³/mol. The highest BCUT2D eigenvalue weighted by molar-refractivity contribution is 7.80. The molecule has 0 saturated heterocycles. The topological polar surface area (TPSA) is 58.9 Å². The van der Waals surface area contributed by atoms with Crippen molar-refractivity contribution < 1.29 is 0 Å². The van der Waals surface area contributed by atoms with Crippen molar-refractivity contribution in [3.8, 4) is 11.4 Å². The van der Waals surface area contributed by atoms with Gasteiger partial charge in [0, 0.05) is 11.3 Å². The van der Waals surface area contributed by atoms with Crippen molar-refractivity contribution in [2.75, 3.05) is 10.7 Å². The van der Waals surface area contributed by atoms with E-state index in [1.54, 1.807) is 6.07 Å². The number of hydrogen-bond acceptors (Lipinski definition) is 3. The van der Waals surface area contributed by atoms with Gasteiger partial charge in [0.15, 0.2) is 10.9 Å². The predicted octanol–water partition coefficient (Wildman–Crippen LogP) is 4.62. The fraction of sp³-hybridized carbons (Fsp3) is 0.0870. The second-order valence-corrected chi connectivity index (χ2v) is 7.30. The Morgan fingerprint density at radius 2 is 1.52 bits per heavy atom. The molecule has 29 heavy (non-hydrogen) atoms. The van der Waals surface area contributed by atoms with Crippen LogP contribution in [-0.2, 0) is 0 Å². The molecule has 0 saturated carbocycles. The summed E-state index contributed by atoms with van der Waals surface area (Å²) in [7, 11) is 0. The molecule has 0 spiro atoms. The number of aromatic nitrogens is 2. The molecule has 144 valence electrons. The van der Waals surface area contributed by atoms with E-state index in [-0.39, 0.29) is 5.56 Å². The molecule has 3 aromatic carbocycles. The number of fused-ring (bicyclic) bond motifs is 1. The highest BCUT2D eigenvalue weighted by Gasteiger charge is 2.14. The average Bonchev–Trinajstić information content (AvgIpc) is 2.72. The number of rotatable bonds is 3. The summed E-state index contributed by atoms with van der Waals surface area (Å²) in [5, 5.41) is 3.94. The fourth-order valence-corrected chi connectivity index (χ4v) is 3.24. The molecule has 0 aliphatic carbocycles. The number of aryl methyl sites for hydroxylation is 2. The van der Waals surface area contributed by atoms with Crippen molar-refractivity contribution in [3.63, 3.8) is 0 Å². The fourth-order valence-electron chi connectivity index (χ4n) is 3.03. The van der Waals surface area contributed by atoms with Crippen LogP contribution in [0.1, 0.15) is 11.1 Å². The summed E-state index contributed by atoms with van der Waals surface area (Å²) in [4.78, 5) is 17.9. The molecular formula is C23H20N4OS. The Kier molecular flexibility index (Phi) is 5.10. The molecule has 5 nitrogen and oxygen atoms in total. The van der Waals surface area contributed by atoms with Crippen LogP contribution >= 0.6 is 12.2 Å². The largest absolute Gasteiger partial charge is 0.331 e. The minimum atomic E-state index is -0.209. The smallest absolute Gasteiger partial charge is 0.280 e. The minimum absolute atomic E-state index is 0.209. The second-order valence-electron chi connectivity index (χ2n) is 6.89. The van der Waals surface area contributed by atoms with Crippen LogP contribution in [0.5, 0.6) is 0 Å². The van der Waals surface area contributed by atoms with Gasteiger partial charge in [0.25, 0.3) is 5.56 Å². The third kappa shape index (κ3) is 4.02. The molecule has 1 heterocycles. The van der Waals surface area contributed by atoms with Gasteiger partial charge in [-0.1, -0.05) is 59.7 Å². The van der Waals surface area contributed by atoms with Crippen LogP contribution in [0.15, 0.2) is 77.6 Å². The van der Waals surface area contributed by atoms with E-state index >= 15 is 0 Å². The molecule has 0 atom stereocenters. The molecule has 0 unspecified atom stereocenters. The zero-order valence-corrected chi connectivity index (χ0v) is 17.0. The maximum Gasteiger partial charge on any atom is 0.280 e. The maximum atomic E-state index is 13.2. The van der Waals surface area contributed by atoms with E-state index in [4.69, 9.17) is 17.2 Å². The van der Waals surface area contributed by atoms with Crippen molar-refractivity contribution in [2.24, 2.45) is 0 Å². The zero-order chi connectivity index (χ0) is 20.4. The van der Waals surface area contributed by atoms with Crippen LogP contribution in [0.25, 0.3) is 22.3 Å². The summed E-state index contributed by atoms with van der Waals surface area (Å²) in [5.41, 5.74) is 7.40. The molecule has 4 aromatic rings. The van der Waals surface area contributed by atoms with Gasteiger partial charge in [-0.15, -0.1) is 0 Å². The monoisotopic (exact) mass is 400 g/mol. The highest BCUT2D eigenvalue weighted by Crippen LogP contribution is 2.19. The van der Waals surface area contributed by atoms with E-state index in [1.807, 2.05) is 80.6 Å². The lowest BCUT2D eigenvalue weighted by molar-refractivity contribution is 0.909. The lowest BCUT2D eigenvalue weighted by atomic mass is 10.1. The Bertz CT molecular complexity index is 1240. The van der Waals surface area contributed by atoms with Crippen LogP contribution in [-0.4, -0.2) is 14.8 Å². The van der Waals surface area contributed by atoms with Gasteiger partial charge in [-0.3, -0.25) is 10.2 Å². The zero-order valence-electron chi connectivity index (χ0n) is 16.1. The number of benzene rings is 3. The third-order valence-corrected chi connectivity index (χ3v) is 4.80. The molecule has 0 fully saturated rings. The van der Waals surface area contributed by atoms with Gasteiger partial charge < -0.3 is 5.32 Å². The Hall–Kier alpha value is -3.51. The first-order chi connectivity index (χ1) is 14.0. The van der Waals surface area contributed by atoms with Crippen molar-refractivity contribution >= 4 is 33.9 Å². The maximum absolute atomic E-state index is 13.2. The Morgan fingerprint density at radius 1 is 0.897 bits per heavy atom. The van der Waals surface area contributed by atoms with Gasteiger partial charge in [-0.25, -0.2) is 4.98 Å². The summed E-state index contributed by atoms with van der Waals surface area (Å²) in [6.45, 7) is 4.04. The van der Waals surface area contributed by atoms with E-state index < -0.39 is 0 Å². The van der Waals surface area contributed by atoms with Crippen molar-refractivity contribution in [3.05, 3.63) is 94.3 Å². The number of nitrogens with zero attached hydrogens (tertiary/aromatic N) is 2. The SMILES string of the molecule is Cc1ccc(NC(=S)Nn2c(-c3ccc(C)cc3)nc3ccccc3c2=O)cc1. The number of anilines is 1. The lowest BCUT2D eigenvalue weighted by Gasteiger charge is -2.17. The van der Waals surface area contributed by atoms with Crippen LogP contribution in [0.4, 0.5) is 5.69 Å². The quantitative estimate of drug-likeness (QED) is 0.492. The highest BCUT2D eigenvalue weighted by atomic mass is 32.1. The van der Waals surface area contributed by atoms with Gasteiger partial charge in [0.1, 0.15) is 0 Å². The molecule has 0 aliphatic rings. The van der Waals surface area contributed by atoms with Gasteiger partial charge in [0.05, 0.1) is 10.9 Å². The average molecular weight is 401 g/mol. The van der Waals surface area contributed by atoms with Gasteiger partial charge >= 0.3 is 0 Å². The second kappa shape index (κ2) is 7.85. The molecule has 6 heteroatoms. The van der Waals surface area contributed by atoms with E-state index in [0.29, 0.717) is 21.8 Å². The molecule has 1 aromatic heterocycles. The number of nitrogens with one attached hydrogen (secondary N) is 2. The molecule has 0 aliphatic heterocycles. The van der Waals surface area contributed by atoms with Gasteiger partial charge in [-0.05, 0) is 50.3 Å². The van der Waals surface area contributed by atoms with Gasteiger partial charge in [0.2, 0.25) is 0 Å². The van der Waals surface area contributed by atoms with E-state index in [1.165, 1.54) is 4.68 Å². The summed E-state index contributed by atoms with van der Waals surface area (Å²) in [6.07, 6.45) is 0. The molecule has 0 bridgehead atoms. The number of hydrogen-bond donors (Lipinski definition) is 2. The Morgan fingerprint density at radius 3 is 2.21 bits per heavy atom. The summed E-state index contributed by atoms with van der Waals surface area (Å²) >= 11 is 5.45. The van der Waals surface area contributed by atoms with Crippen LogP contribution in [0.2, 0.25) is 0 Å². The third-order valence-electron chi connectivity index (χ3n) is 4.61. The number of thiocarbonyl (C=S) groups is 1. The van der Waals surface area contributed by atoms with Crippen LogP contribution in [0, 0.1) is 13.8 Å². The first kappa shape index (κ1) is 18.8.